The molecule has 0 atom stereocenters. The van der Waals surface area contributed by atoms with Crippen LogP contribution in [0, 0.1) is 0 Å². The second-order valence-corrected chi connectivity index (χ2v) is 18.8. The van der Waals surface area contributed by atoms with E-state index in [4.69, 9.17) is 9.47 Å². The largest absolute Gasteiger partial charge is 0.454 e. The normalized spacial score (nSPS) is 15.0. The summed E-state index contributed by atoms with van der Waals surface area (Å²) in [7, 11) is 0. The van der Waals surface area contributed by atoms with Gasteiger partial charge in [0, 0.05) is 80.0 Å². The number of H-pyrrole nitrogens is 5. The Balaban J connectivity index is 0.000000103. The average molecular weight is 999 g/mol. The smallest absolute Gasteiger partial charge is 0.231 e. The molecule has 378 valence electrons. The number of thiazole rings is 1. The molecule has 0 fully saturated rings. The number of hydrogen-bond donors (Lipinski definition) is 9. The molecule has 0 saturated heterocycles. The summed E-state index contributed by atoms with van der Waals surface area (Å²) in [6.07, 6.45) is 18.9. The summed E-state index contributed by atoms with van der Waals surface area (Å²) in [6, 6.07) is 34.5. The van der Waals surface area contributed by atoms with Crippen molar-refractivity contribution in [3.63, 3.8) is 0 Å². The van der Waals surface area contributed by atoms with E-state index in [1.54, 1.807) is 12.7 Å². The van der Waals surface area contributed by atoms with Gasteiger partial charge in [-0.3, -0.25) is 10.2 Å². The minimum atomic E-state index is 0.360. The second-order valence-electron chi connectivity index (χ2n) is 17.8. The summed E-state index contributed by atoms with van der Waals surface area (Å²) in [6.45, 7) is 8.67. The van der Waals surface area contributed by atoms with Crippen LogP contribution in [-0.4, -0.2) is 83.3 Å². The Labute approximate surface area is 430 Å². The Bertz CT molecular complexity index is 2710. The summed E-state index contributed by atoms with van der Waals surface area (Å²) in [5.41, 5.74) is 17.4. The van der Waals surface area contributed by atoms with Crippen molar-refractivity contribution in [3.8, 4) is 11.5 Å². The minimum absolute atomic E-state index is 0.360. The van der Waals surface area contributed by atoms with Crippen molar-refractivity contribution in [3.05, 3.63) is 195 Å². The number of aromatic amines is 5. The first-order chi connectivity index (χ1) is 36.2. The maximum Gasteiger partial charge on any atom is 0.231 e. The van der Waals surface area contributed by atoms with E-state index in [0.717, 1.165) is 94.2 Å². The fourth-order valence-electron chi connectivity index (χ4n) is 8.84. The molecule has 0 amide bonds. The van der Waals surface area contributed by atoms with Gasteiger partial charge in [0.1, 0.15) is 0 Å². The van der Waals surface area contributed by atoms with Gasteiger partial charge in [0.2, 0.25) is 6.79 Å². The van der Waals surface area contributed by atoms with Crippen LogP contribution in [0.4, 0.5) is 0 Å². The van der Waals surface area contributed by atoms with Crippen LogP contribution < -0.4 is 30.7 Å². The molecule has 6 aromatic heterocycles. The minimum Gasteiger partial charge on any atom is -0.454 e. The van der Waals surface area contributed by atoms with Crippen molar-refractivity contribution >= 4 is 33.3 Å². The standard InChI is InChI=1S/C9H11N.C8H7N.C7H6N2.C7H9NS.C7H6O2.3C6H9N3/c1-2-4-9-7-10-6-5-8(9)3-1;1-2-4-8-7(3-1)5-6-9-8;3*1-2-4-7-6(3-1)8-5-9-7;1-2-7-3-5-4-8-9-6(1)5;1-2-7-3-6-5(1)8-4-9-6;1-2-7-4-6-5(1)3-8-9-6/h1-4,10H,5-7H2;1-6,9H;1-5H,(H,8,9);5H,1-4H2;1-4H,5H2;2*4,7H,1-3H2,(H,8,9);3,7H,1-2,4H2,(H,8,9). The number of imidazole rings is 2. The quantitative estimate of drug-likeness (QED) is 0.0702. The van der Waals surface area contributed by atoms with Crippen molar-refractivity contribution < 1.29 is 9.47 Å². The molecule has 0 unspecified atom stereocenters. The van der Waals surface area contributed by atoms with Gasteiger partial charge in [0.25, 0.3) is 0 Å². The lowest BCUT2D eigenvalue weighted by molar-refractivity contribution is 0.174. The number of hydrogen-bond acceptors (Lipinski definition) is 12. The van der Waals surface area contributed by atoms with Crippen molar-refractivity contribution in [2.24, 2.45) is 0 Å². The zero-order valence-electron chi connectivity index (χ0n) is 41.3. The van der Waals surface area contributed by atoms with Crippen LogP contribution in [0.3, 0.4) is 0 Å². The van der Waals surface area contributed by atoms with Gasteiger partial charge in [-0.2, -0.15) is 10.2 Å². The molecule has 0 saturated carbocycles. The van der Waals surface area contributed by atoms with Gasteiger partial charge >= 0.3 is 0 Å². The highest BCUT2D eigenvalue weighted by Gasteiger charge is 2.13. The van der Waals surface area contributed by atoms with Crippen molar-refractivity contribution in [2.45, 2.75) is 77.5 Å². The lowest BCUT2D eigenvalue weighted by Crippen LogP contribution is -2.23. The van der Waals surface area contributed by atoms with E-state index in [1.165, 1.54) is 98.6 Å². The molecule has 16 nitrogen and oxygen atoms in total. The molecule has 5 aliphatic heterocycles. The summed E-state index contributed by atoms with van der Waals surface area (Å²) in [5.74, 6) is 1.69. The molecule has 1 aliphatic carbocycles. The van der Waals surface area contributed by atoms with Crippen LogP contribution in [0.15, 0.2) is 140 Å². The van der Waals surface area contributed by atoms with Crippen molar-refractivity contribution in [1.29, 1.82) is 0 Å². The number of aryl methyl sites for hydroxylation is 2. The third-order valence-electron chi connectivity index (χ3n) is 12.9. The number of aromatic nitrogens is 10. The van der Waals surface area contributed by atoms with E-state index in [-0.39, 0.29) is 0 Å². The van der Waals surface area contributed by atoms with Crippen molar-refractivity contribution in [1.82, 2.24) is 71.6 Å². The number of fused-ring (bicyclic) bond motifs is 8. The third kappa shape index (κ3) is 15.1. The van der Waals surface area contributed by atoms with E-state index in [9.17, 15) is 0 Å². The molecular weight excluding hydrogens is 933 g/mol. The zero-order chi connectivity index (χ0) is 49.5. The first-order valence-corrected chi connectivity index (χ1v) is 26.2. The number of nitrogens with zero attached hydrogens (tertiary/aromatic N) is 5. The average Bonchev–Trinajstić information content (AvgIpc) is 4.33. The van der Waals surface area contributed by atoms with Gasteiger partial charge in [-0.15, -0.1) is 11.3 Å². The van der Waals surface area contributed by atoms with Gasteiger partial charge in [0.05, 0.1) is 64.4 Å². The first kappa shape index (κ1) is 50.5. The zero-order valence-corrected chi connectivity index (χ0v) is 42.1. The van der Waals surface area contributed by atoms with E-state index < -0.39 is 0 Å². The molecular formula is C56H66N14O2S. The number of para-hydroxylation sites is 5. The number of nitrogens with one attached hydrogen (secondary N) is 9. The highest BCUT2D eigenvalue weighted by molar-refractivity contribution is 7.09. The first-order valence-electron chi connectivity index (χ1n) is 25.3. The number of benzene rings is 4. The molecule has 10 aromatic rings. The molecule has 11 heterocycles. The fraction of sp³-hybridized carbons (Fsp3) is 0.304. The van der Waals surface area contributed by atoms with Crippen LogP contribution in [0.25, 0.3) is 21.9 Å². The Hall–Kier alpha value is -7.41. The predicted molar refractivity (Wildman–Crippen MR) is 290 cm³/mol. The predicted octanol–water partition coefficient (Wildman–Crippen LogP) is 8.67. The Morgan fingerprint density at radius 1 is 0.452 bits per heavy atom. The summed E-state index contributed by atoms with van der Waals surface area (Å²) in [5, 5.41) is 28.2. The van der Waals surface area contributed by atoms with Crippen LogP contribution in [0.5, 0.6) is 11.5 Å². The van der Waals surface area contributed by atoms with Gasteiger partial charge in [0.15, 0.2) is 11.5 Å². The number of rotatable bonds is 0. The lowest BCUT2D eigenvalue weighted by Gasteiger charge is -2.15. The van der Waals surface area contributed by atoms with Crippen LogP contribution >= 0.6 is 11.3 Å². The molecule has 0 radical (unpaired) electrons. The Morgan fingerprint density at radius 2 is 1.10 bits per heavy atom. The van der Waals surface area contributed by atoms with Crippen molar-refractivity contribution in [2.75, 3.05) is 33.0 Å². The molecule has 17 heteroatoms. The summed E-state index contributed by atoms with van der Waals surface area (Å²) in [4.78, 5) is 23.2. The maximum absolute atomic E-state index is 5.08. The monoisotopic (exact) mass is 999 g/mol. The lowest BCUT2D eigenvalue weighted by atomic mass is 10.0. The summed E-state index contributed by atoms with van der Waals surface area (Å²) >= 11 is 1.81. The van der Waals surface area contributed by atoms with Gasteiger partial charge in [-0.05, 0) is 110 Å². The van der Waals surface area contributed by atoms with E-state index in [2.05, 4.69) is 114 Å². The Morgan fingerprint density at radius 3 is 1.86 bits per heavy atom. The van der Waals surface area contributed by atoms with Crippen LogP contribution in [0.1, 0.15) is 68.4 Å². The fourth-order valence-corrected chi connectivity index (χ4v) is 9.70. The van der Waals surface area contributed by atoms with E-state index in [1.807, 2.05) is 96.1 Å². The molecule has 4 aromatic carbocycles. The van der Waals surface area contributed by atoms with Crippen LogP contribution in [-0.2, 0) is 64.7 Å². The number of ether oxygens (including phenoxy) is 2. The highest BCUT2D eigenvalue weighted by Crippen LogP contribution is 2.30. The second kappa shape index (κ2) is 27.4. The summed E-state index contributed by atoms with van der Waals surface area (Å²) < 4.78 is 10.2. The molecule has 16 rings (SSSR count). The van der Waals surface area contributed by atoms with Crippen LogP contribution in [0.2, 0.25) is 0 Å². The maximum atomic E-state index is 5.08. The highest BCUT2D eigenvalue weighted by atomic mass is 32.1. The van der Waals surface area contributed by atoms with E-state index in [0.29, 0.717) is 6.79 Å². The molecule has 0 bridgehead atoms. The topological polar surface area (TPSA) is 210 Å². The van der Waals surface area contributed by atoms with E-state index >= 15 is 0 Å². The molecule has 6 aliphatic rings. The molecule has 0 spiro atoms. The molecule has 9 N–H and O–H groups in total. The van der Waals surface area contributed by atoms with Gasteiger partial charge < -0.3 is 45.7 Å². The van der Waals surface area contributed by atoms with Gasteiger partial charge in [-0.1, -0.05) is 66.7 Å². The third-order valence-corrected chi connectivity index (χ3v) is 13.8. The van der Waals surface area contributed by atoms with Gasteiger partial charge in [-0.25, -0.2) is 15.0 Å². The SMILES string of the molecule is c1ccc2[nH]ccc2c1.c1ccc2[nH]cnc2c1.c1ccc2c(c1)CCNC2.c1ccc2c(c1)OCO2.c1n[nH]c2c1CCNC2.c1n[nH]c2c1CNCC2.c1nc2c([nH]1)CNCC2.c1nc2c(s1)CCCC2. The molecule has 73 heavy (non-hydrogen) atoms. The Kier molecular flexibility index (Phi) is 19.0.